The molecular weight excluding hydrogens is 310 g/mol. The third kappa shape index (κ3) is 4.40. The lowest BCUT2D eigenvalue weighted by Crippen LogP contribution is -2.54. The summed E-state index contributed by atoms with van der Waals surface area (Å²) >= 11 is 1.84. The van der Waals surface area contributed by atoms with E-state index in [0.29, 0.717) is 12.5 Å². The van der Waals surface area contributed by atoms with Crippen LogP contribution in [-0.4, -0.2) is 84.7 Å². The fourth-order valence-corrected chi connectivity index (χ4v) is 4.19. The Hall–Kier alpha value is -1.24. The van der Waals surface area contributed by atoms with Crippen molar-refractivity contribution in [1.82, 2.24) is 14.7 Å². The van der Waals surface area contributed by atoms with Gasteiger partial charge in [-0.3, -0.25) is 14.6 Å². The van der Waals surface area contributed by atoms with Gasteiger partial charge in [-0.25, -0.2) is 0 Å². The first-order valence-electron chi connectivity index (χ1n) is 8.21. The first-order valence-corrected chi connectivity index (χ1v) is 9.36. The molecule has 2 heterocycles. The molecule has 0 aliphatic carbocycles. The second kappa shape index (κ2) is 8.04. The van der Waals surface area contributed by atoms with Crippen molar-refractivity contribution < 1.29 is 9.53 Å². The van der Waals surface area contributed by atoms with Gasteiger partial charge in [-0.2, -0.15) is 0 Å². The average molecular weight is 335 g/mol. The van der Waals surface area contributed by atoms with Crippen LogP contribution in [0.25, 0.3) is 0 Å². The standard InChI is InChI=1S/C17H25N3O2S/c1-18-14-23-13-16(18)17(21)20-9-7-19(8-10-20)11-12-22-15-5-3-2-4-6-15/h2-6,16H,7-14H2,1H3/t16-/m0/s1. The number of hydrogen-bond acceptors (Lipinski definition) is 5. The molecule has 6 heteroatoms. The van der Waals surface area contributed by atoms with E-state index in [4.69, 9.17) is 4.74 Å². The van der Waals surface area contributed by atoms with Crippen LogP contribution in [-0.2, 0) is 4.79 Å². The zero-order chi connectivity index (χ0) is 16.1. The van der Waals surface area contributed by atoms with E-state index in [-0.39, 0.29) is 6.04 Å². The van der Waals surface area contributed by atoms with Crippen LogP contribution in [0.5, 0.6) is 5.75 Å². The number of benzene rings is 1. The zero-order valence-corrected chi connectivity index (χ0v) is 14.5. The van der Waals surface area contributed by atoms with E-state index in [0.717, 1.165) is 50.1 Å². The Kier molecular flexibility index (Phi) is 5.80. The first-order chi connectivity index (χ1) is 11.2. The number of amides is 1. The fourth-order valence-electron chi connectivity index (χ4n) is 3.00. The van der Waals surface area contributed by atoms with Crippen molar-refractivity contribution in [1.29, 1.82) is 0 Å². The Labute approximate surface area is 142 Å². The van der Waals surface area contributed by atoms with Crippen molar-refractivity contribution in [2.24, 2.45) is 0 Å². The number of carbonyl (C=O) groups is 1. The highest BCUT2D eigenvalue weighted by molar-refractivity contribution is 7.99. The maximum atomic E-state index is 12.5. The summed E-state index contributed by atoms with van der Waals surface area (Å²) in [6.07, 6.45) is 0. The van der Waals surface area contributed by atoms with Gasteiger partial charge >= 0.3 is 0 Å². The molecule has 3 rings (SSSR count). The molecule has 0 unspecified atom stereocenters. The number of likely N-dealkylation sites (N-methyl/N-ethyl adjacent to an activating group) is 1. The minimum absolute atomic E-state index is 0.0768. The topological polar surface area (TPSA) is 36.0 Å². The first kappa shape index (κ1) is 16.6. The lowest BCUT2D eigenvalue weighted by molar-refractivity contribution is -0.136. The molecule has 2 aliphatic rings. The maximum Gasteiger partial charge on any atom is 0.240 e. The van der Waals surface area contributed by atoms with Gasteiger partial charge in [0.2, 0.25) is 5.91 Å². The van der Waals surface area contributed by atoms with Crippen LogP contribution in [0.2, 0.25) is 0 Å². The van der Waals surface area contributed by atoms with Gasteiger partial charge in [0.25, 0.3) is 0 Å². The lowest BCUT2D eigenvalue weighted by Gasteiger charge is -2.36. The predicted octanol–water partition coefficient (Wildman–Crippen LogP) is 1.21. The van der Waals surface area contributed by atoms with Crippen molar-refractivity contribution in [3.05, 3.63) is 30.3 Å². The highest BCUT2D eigenvalue weighted by Gasteiger charge is 2.33. The number of carbonyl (C=O) groups excluding carboxylic acids is 1. The van der Waals surface area contributed by atoms with E-state index in [1.807, 2.05) is 54.0 Å². The van der Waals surface area contributed by atoms with Gasteiger partial charge in [0.05, 0.1) is 6.04 Å². The molecule has 2 fully saturated rings. The molecular formula is C17H25N3O2S. The minimum Gasteiger partial charge on any atom is -0.492 e. The Balaban J connectivity index is 1.37. The molecule has 0 N–H and O–H groups in total. The van der Waals surface area contributed by atoms with Crippen molar-refractivity contribution in [3.8, 4) is 5.75 Å². The van der Waals surface area contributed by atoms with Crippen LogP contribution in [0.1, 0.15) is 0 Å². The Morgan fingerprint density at radius 1 is 1.22 bits per heavy atom. The Morgan fingerprint density at radius 2 is 1.96 bits per heavy atom. The molecule has 2 saturated heterocycles. The molecule has 126 valence electrons. The fraction of sp³-hybridized carbons (Fsp3) is 0.588. The summed E-state index contributed by atoms with van der Waals surface area (Å²) in [5, 5.41) is 0. The van der Waals surface area contributed by atoms with Gasteiger partial charge in [0, 0.05) is 44.4 Å². The van der Waals surface area contributed by atoms with Crippen molar-refractivity contribution in [3.63, 3.8) is 0 Å². The monoisotopic (exact) mass is 335 g/mol. The molecule has 1 atom stereocenters. The number of para-hydroxylation sites is 1. The highest BCUT2D eigenvalue weighted by atomic mass is 32.2. The quantitative estimate of drug-likeness (QED) is 0.808. The number of ether oxygens (including phenoxy) is 1. The molecule has 1 aromatic carbocycles. The SMILES string of the molecule is CN1CSC[C@H]1C(=O)N1CCN(CCOc2ccccc2)CC1. The number of rotatable bonds is 5. The normalized spacial score (nSPS) is 23.2. The van der Waals surface area contributed by atoms with Crippen LogP contribution in [0, 0.1) is 0 Å². The summed E-state index contributed by atoms with van der Waals surface area (Å²) in [6.45, 7) is 5.15. The second-order valence-electron chi connectivity index (χ2n) is 6.10. The number of nitrogens with zero attached hydrogens (tertiary/aromatic N) is 3. The smallest absolute Gasteiger partial charge is 0.240 e. The molecule has 1 aromatic rings. The maximum absolute atomic E-state index is 12.5. The van der Waals surface area contributed by atoms with E-state index < -0.39 is 0 Å². The van der Waals surface area contributed by atoms with E-state index >= 15 is 0 Å². The van der Waals surface area contributed by atoms with Gasteiger partial charge in [-0.05, 0) is 19.2 Å². The molecule has 0 spiro atoms. The van der Waals surface area contributed by atoms with Gasteiger partial charge in [-0.1, -0.05) is 18.2 Å². The van der Waals surface area contributed by atoms with Crippen LogP contribution in [0.15, 0.2) is 30.3 Å². The van der Waals surface area contributed by atoms with E-state index in [1.165, 1.54) is 0 Å². The van der Waals surface area contributed by atoms with Crippen molar-refractivity contribution in [2.75, 3.05) is 58.0 Å². The molecule has 0 aromatic heterocycles. The molecule has 5 nitrogen and oxygen atoms in total. The van der Waals surface area contributed by atoms with E-state index in [1.54, 1.807) is 0 Å². The third-order valence-corrected chi connectivity index (χ3v) is 5.63. The summed E-state index contributed by atoms with van der Waals surface area (Å²) in [5.41, 5.74) is 0. The molecule has 0 bridgehead atoms. The number of hydrogen-bond donors (Lipinski definition) is 0. The second-order valence-corrected chi connectivity index (χ2v) is 7.10. The lowest BCUT2D eigenvalue weighted by atomic mass is 10.2. The zero-order valence-electron chi connectivity index (χ0n) is 13.7. The minimum atomic E-state index is 0.0768. The highest BCUT2D eigenvalue weighted by Crippen LogP contribution is 2.20. The number of thioether (sulfide) groups is 1. The van der Waals surface area contributed by atoms with Crippen LogP contribution in [0.3, 0.4) is 0 Å². The van der Waals surface area contributed by atoms with E-state index in [2.05, 4.69) is 9.80 Å². The summed E-state index contributed by atoms with van der Waals surface area (Å²) < 4.78 is 5.75. The molecule has 1 amide bonds. The summed E-state index contributed by atoms with van der Waals surface area (Å²) in [7, 11) is 2.04. The van der Waals surface area contributed by atoms with Crippen LogP contribution in [0.4, 0.5) is 0 Å². The van der Waals surface area contributed by atoms with E-state index in [9.17, 15) is 4.79 Å². The summed E-state index contributed by atoms with van der Waals surface area (Å²) in [5.74, 6) is 3.12. The molecule has 2 aliphatic heterocycles. The Bertz CT molecular complexity index is 506. The van der Waals surface area contributed by atoms with Crippen molar-refractivity contribution in [2.45, 2.75) is 6.04 Å². The van der Waals surface area contributed by atoms with Crippen LogP contribution < -0.4 is 4.74 Å². The van der Waals surface area contributed by atoms with Gasteiger partial charge in [0.1, 0.15) is 12.4 Å². The average Bonchev–Trinajstić information content (AvgIpc) is 3.02. The largest absolute Gasteiger partial charge is 0.492 e. The number of piperazine rings is 1. The molecule has 23 heavy (non-hydrogen) atoms. The van der Waals surface area contributed by atoms with Gasteiger partial charge < -0.3 is 9.64 Å². The summed E-state index contributed by atoms with van der Waals surface area (Å²) in [6, 6.07) is 9.99. The predicted molar refractivity (Wildman–Crippen MR) is 93.8 cm³/mol. The molecule has 0 saturated carbocycles. The molecule has 0 radical (unpaired) electrons. The summed E-state index contributed by atoms with van der Waals surface area (Å²) in [4.78, 5) is 19.1. The van der Waals surface area contributed by atoms with Gasteiger partial charge in [0.15, 0.2) is 0 Å². The van der Waals surface area contributed by atoms with Crippen LogP contribution >= 0.6 is 11.8 Å². The Morgan fingerprint density at radius 3 is 2.61 bits per heavy atom. The van der Waals surface area contributed by atoms with Crippen molar-refractivity contribution >= 4 is 17.7 Å². The third-order valence-electron chi connectivity index (χ3n) is 4.49. The van der Waals surface area contributed by atoms with Gasteiger partial charge in [-0.15, -0.1) is 11.8 Å².